The number of ketones is 1. The minimum absolute atomic E-state index is 0.177. The highest BCUT2D eigenvalue weighted by atomic mass is 79.9. The summed E-state index contributed by atoms with van der Waals surface area (Å²) in [6, 6.07) is 7.96. The number of hydrogen-bond donors (Lipinski definition) is 1. The average Bonchev–Trinajstić information content (AvgIpc) is 2.41. The summed E-state index contributed by atoms with van der Waals surface area (Å²) >= 11 is 3.50. The van der Waals surface area contributed by atoms with E-state index in [-0.39, 0.29) is 5.92 Å². The first-order valence-electron chi connectivity index (χ1n) is 6.68. The van der Waals surface area contributed by atoms with Crippen molar-refractivity contribution < 1.29 is 4.79 Å². The van der Waals surface area contributed by atoms with Gasteiger partial charge in [0.25, 0.3) is 0 Å². The lowest BCUT2D eigenvalue weighted by atomic mass is 9.76. The lowest BCUT2D eigenvalue weighted by Gasteiger charge is -2.29. The van der Waals surface area contributed by atoms with Crippen molar-refractivity contribution in [3.63, 3.8) is 0 Å². The summed E-state index contributed by atoms with van der Waals surface area (Å²) < 4.78 is 1.03. The van der Waals surface area contributed by atoms with Gasteiger partial charge in [0.05, 0.1) is 0 Å². The van der Waals surface area contributed by atoms with E-state index in [1.54, 1.807) is 0 Å². The fourth-order valence-electron chi connectivity index (χ4n) is 2.87. The molecule has 2 nitrogen and oxygen atoms in total. The van der Waals surface area contributed by atoms with E-state index < -0.39 is 0 Å². The molecule has 0 aromatic heterocycles. The standard InChI is InChI=1S/C15H20BrNO/c16-14-8-4-2-5-11(14)9-15(18)13-7-3-1-6-12(13)10-17/h2,4-5,8,12-13H,1,3,6-7,9-10,17H2. The number of carbonyl (C=O) groups excluding carboxylic acids is 1. The van der Waals surface area contributed by atoms with Gasteiger partial charge in [-0.2, -0.15) is 0 Å². The van der Waals surface area contributed by atoms with Crippen LogP contribution in [-0.4, -0.2) is 12.3 Å². The number of halogens is 1. The predicted octanol–water partition coefficient (Wildman–Crippen LogP) is 3.33. The van der Waals surface area contributed by atoms with E-state index in [4.69, 9.17) is 5.73 Å². The van der Waals surface area contributed by atoms with E-state index in [0.29, 0.717) is 24.7 Å². The van der Waals surface area contributed by atoms with Crippen LogP contribution in [0.25, 0.3) is 0 Å². The second-order valence-electron chi connectivity index (χ2n) is 5.12. The van der Waals surface area contributed by atoms with Crippen LogP contribution in [0, 0.1) is 11.8 Å². The molecule has 1 saturated carbocycles. The molecule has 1 fully saturated rings. The van der Waals surface area contributed by atoms with Crippen LogP contribution in [0.1, 0.15) is 31.2 Å². The zero-order valence-electron chi connectivity index (χ0n) is 10.6. The van der Waals surface area contributed by atoms with Crippen LogP contribution in [0.3, 0.4) is 0 Å². The van der Waals surface area contributed by atoms with Gasteiger partial charge in [0, 0.05) is 16.8 Å². The number of benzene rings is 1. The summed E-state index contributed by atoms with van der Waals surface area (Å²) in [5.41, 5.74) is 6.88. The number of rotatable bonds is 4. The van der Waals surface area contributed by atoms with Crippen LogP contribution < -0.4 is 5.73 Å². The van der Waals surface area contributed by atoms with Crippen molar-refractivity contribution in [1.29, 1.82) is 0 Å². The Kier molecular flexibility index (Phi) is 4.95. The SMILES string of the molecule is NCC1CCCCC1C(=O)Cc1ccccc1Br. The molecule has 0 amide bonds. The van der Waals surface area contributed by atoms with Gasteiger partial charge in [-0.05, 0) is 36.9 Å². The maximum Gasteiger partial charge on any atom is 0.140 e. The molecule has 0 radical (unpaired) electrons. The topological polar surface area (TPSA) is 43.1 Å². The molecule has 0 bridgehead atoms. The first-order chi connectivity index (χ1) is 8.72. The molecule has 2 unspecified atom stereocenters. The smallest absolute Gasteiger partial charge is 0.140 e. The van der Waals surface area contributed by atoms with Gasteiger partial charge in [-0.3, -0.25) is 4.79 Å². The fourth-order valence-corrected chi connectivity index (χ4v) is 3.30. The quantitative estimate of drug-likeness (QED) is 0.927. The molecule has 3 heteroatoms. The maximum absolute atomic E-state index is 12.4. The summed E-state index contributed by atoms with van der Waals surface area (Å²) in [5, 5.41) is 0. The zero-order chi connectivity index (χ0) is 13.0. The minimum atomic E-state index is 0.177. The van der Waals surface area contributed by atoms with Crippen molar-refractivity contribution in [2.45, 2.75) is 32.1 Å². The second kappa shape index (κ2) is 6.48. The summed E-state index contributed by atoms with van der Waals surface area (Å²) in [6.07, 6.45) is 5.06. The van der Waals surface area contributed by atoms with Crippen molar-refractivity contribution in [2.24, 2.45) is 17.6 Å². The van der Waals surface area contributed by atoms with Crippen molar-refractivity contribution in [3.05, 3.63) is 34.3 Å². The molecule has 0 spiro atoms. The monoisotopic (exact) mass is 309 g/mol. The Morgan fingerprint density at radius 1 is 1.28 bits per heavy atom. The Bertz CT molecular complexity index is 419. The summed E-state index contributed by atoms with van der Waals surface area (Å²) in [6.45, 7) is 0.645. The Hall–Kier alpha value is -0.670. The molecule has 2 rings (SSSR count). The number of nitrogens with two attached hydrogens (primary N) is 1. The third kappa shape index (κ3) is 3.21. The van der Waals surface area contributed by atoms with E-state index in [2.05, 4.69) is 15.9 Å². The number of hydrogen-bond acceptors (Lipinski definition) is 2. The molecular weight excluding hydrogens is 290 g/mol. The van der Waals surface area contributed by atoms with Crippen molar-refractivity contribution >= 4 is 21.7 Å². The van der Waals surface area contributed by atoms with Crippen LogP contribution in [0.2, 0.25) is 0 Å². The molecular formula is C15H20BrNO. The molecule has 98 valence electrons. The second-order valence-corrected chi connectivity index (χ2v) is 5.98. The molecule has 2 atom stereocenters. The molecule has 1 aromatic rings. The molecule has 0 aliphatic heterocycles. The molecule has 2 N–H and O–H groups in total. The number of carbonyl (C=O) groups is 1. The first kappa shape index (κ1) is 13.8. The van der Waals surface area contributed by atoms with Crippen LogP contribution in [0.4, 0.5) is 0 Å². The Balaban J connectivity index is 2.05. The third-order valence-electron chi connectivity index (χ3n) is 3.95. The minimum Gasteiger partial charge on any atom is -0.330 e. The van der Waals surface area contributed by atoms with Crippen LogP contribution >= 0.6 is 15.9 Å². The van der Waals surface area contributed by atoms with E-state index in [9.17, 15) is 4.79 Å². The van der Waals surface area contributed by atoms with E-state index >= 15 is 0 Å². The Labute approximate surface area is 117 Å². The highest BCUT2D eigenvalue weighted by Crippen LogP contribution is 2.31. The molecule has 1 aliphatic carbocycles. The summed E-state index contributed by atoms with van der Waals surface area (Å²) in [5.74, 6) is 0.932. The van der Waals surface area contributed by atoms with E-state index in [0.717, 1.165) is 22.9 Å². The predicted molar refractivity (Wildman–Crippen MR) is 77.4 cm³/mol. The Morgan fingerprint density at radius 2 is 2.00 bits per heavy atom. The van der Waals surface area contributed by atoms with Gasteiger partial charge in [0.1, 0.15) is 5.78 Å². The lowest BCUT2D eigenvalue weighted by Crippen LogP contribution is -2.33. The summed E-state index contributed by atoms with van der Waals surface area (Å²) in [7, 11) is 0. The highest BCUT2D eigenvalue weighted by molar-refractivity contribution is 9.10. The van der Waals surface area contributed by atoms with Gasteiger partial charge in [0.2, 0.25) is 0 Å². The molecule has 18 heavy (non-hydrogen) atoms. The van der Waals surface area contributed by atoms with Crippen molar-refractivity contribution in [2.75, 3.05) is 6.54 Å². The fraction of sp³-hybridized carbons (Fsp3) is 0.533. The average molecular weight is 310 g/mol. The largest absolute Gasteiger partial charge is 0.330 e. The van der Waals surface area contributed by atoms with Gasteiger partial charge in [-0.25, -0.2) is 0 Å². The summed E-state index contributed by atoms with van der Waals surface area (Å²) in [4.78, 5) is 12.4. The van der Waals surface area contributed by atoms with Gasteiger partial charge < -0.3 is 5.73 Å². The van der Waals surface area contributed by atoms with Crippen molar-refractivity contribution in [1.82, 2.24) is 0 Å². The molecule has 1 aromatic carbocycles. The third-order valence-corrected chi connectivity index (χ3v) is 4.72. The van der Waals surface area contributed by atoms with Crippen LogP contribution in [-0.2, 0) is 11.2 Å². The number of Topliss-reactive ketones (excluding diaryl/α,β-unsaturated/α-hetero) is 1. The van der Waals surface area contributed by atoms with Crippen LogP contribution in [0.15, 0.2) is 28.7 Å². The van der Waals surface area contributed by atoms with E-state index in [1.807, 2.05) is 24.3 Å². The first-order valence-corrected chi connectivity index (χ1v) is 7.48. The zero-order valence-corrected chi connectivity index (χ0v) is 12.2. The van der Waals surface area contributed by atoms with E-state index in [1.165, 1.54) is 12.8 Å². The lowest BCUT2D eigenvalue weighted by molar-refractivity contribution is -0.124. The Morgan fingerprint density at radius 3 is 2.72 bits per heavy atom. The van der Waals surface area contributed by atoms with Crippen molar-refractivity contribution in [3.8, 4) is 0 Å². The molecule has 0 heterocycles. The van der Waals surface area contributed by atoms with Crippen LogP contribution in [0.5, 0.6) is 0 Å². The van der Waals surface area contributed by atoms with Gasteiger partial charge in [-0.15, -0.1) is 0 Å². The van der Waals surface area contributed by atoms with Gasteiger partial charge in [0.15, 0.2) is 0 Å². The highest BCUT2D eigenvalue weighted by Gasteiger charge is 2.29. The normalized spacial score (nSPS) is 23.9. The maximum atomic E-state index is 12.4. The van der Waals surface area contributed by atoms with Gasteiger partial charge >= 0.3 is 0 Å². The molecule has 0 saturated heterocycles. The van der Waals surface area contributed by atoms with Gasteiger partial charge in [-0.1, -0.05) is 47.0 Å². The molecule has 1 aliphatic rings.